The molecular formula is C42H28N2. The number of hydrogen-bond donors (Lipinski definition) is 0. The van der Waals surface area contributed by atoms with Gasteiger partial charge in [0.1, 0.15) is 0 Å². The van der Waals surface area contributed by atoms with Gasteiger partial charge in [0.25, 0.3) is 0 Å². The largest absolute Gasteiger partial charge is 0.311 e. The van der Waals surface area contributed by atoms with Crippen LogP contribution in [0.2, 0.25) is 0 Å². The molecule has 2 heteroatoms. The fourth-order valence-electron chi connectivity index (χ4n) is 6.99. The van der Waals surface area contributed by atoms with Crippen LogP contribution < -0.4 is 4.90 Å². The lowest BCUT2D eigenvalue weighted by Crippen LogP contribution is -2.09. The molecule has 0 unspecified atom stereocenters. The van der Waals surface area contributed by atoms with Gasteiger partial charge in [-0.1, -0.05) is 109 Å². The molecule has 9 rings (SSSR count). The number of rotatable bonds is 5. The number of fused-ring (bicyclic) bond motifs is 5. The molecule has 1 heterocycles. The topological polar surface area (TPSA) is 8.17 Å². The highest BCUT2D eigenvalue weighted by Crippen LogP contribution is 2.53. The zero-order chi connectivity index (χ0) is 29.0. The van der Waals surface area contributed by atoms with Crippen LogP contribution in [0.1, 0.15) is 0 Å². The van der Waals surface area contributed by atoms with Gasteiger partial charge in [-0.25, -0.2) is 0 Å². The summed E-state index contributed by atoms with van der Waals surface area (Å²) in [6.45, 7) is 0. The van der Waals surface area contributed by atoms with Crippen molar-refractivity contribution in [3.63, 3.8) is 0 Å². The van der Waals surface area contributed by atoms with Gasteiger partial charge in [0.15, 0.2) is 0 Å². The van der Waals surface area contributed by atoms with E-state index < -0.39 is 0 Å². The lowest BCUT2D eigenvalue weighted by Gasteiger charge is -2.25. The van der Waals surface area contributed by atoms with Crippen molar-refractivity contribution in [1.82, 2.24) is 4.57 Å². The van der Waals surface area contributed by atoms with Crippen LogP contribution in [0.25, 0.3) is 60.9 Å². The minimum absolute atomic E-state index is 1.13. The van der Waals surface area contributed by atoms with E-state index in [1.165, 1.54) is 60.9 Å². The Labute approximate surface area is 256 Å². The average molecular weight is 561 g/mol. The van der Waals surface area contributed by atoms with Crippen LogP contribution >= 0.6 is 0 Å². The van der Waals surface area contributed by atoms with Crippen molar-refractivity contribution < 1.29 is 0 Å². The van der Waals surface area contributed by atoms with Gasteiger partial charge in [-0.2, -0.15) is 0 Å². The van der Waals surface area contributed by atoms with E-state index in [0.717, 1.165) is 17.1 Å². The minimum atomic E-state index is 1.13. The van der Waals surface area contributed by atoms with Crippen LogP contribution in [-0.4, -0.2) is 4.57 Å². The fourth-order valence-corrected chi connectivity index (χ4v) is 6.99. The van der Waals surface area contributed by atoms with Crippen LogP contribution in [-0.2, 0) is 0 Å². The molecule has 0 N–H and O–H groups in total. The van der Waals surface area contributed by atoms with Crippen molar-refractivity contribution in [2.24, 2.45) is 0 Å². The van der Waals surface area contributed by atoms with Crippen molar-refractivity contribution in [3.05, 3.63) is 170 Å². The lowest BCUT2D eigenvalue weighted by molar-refractivity contribution is 1.14. The highest BCUT2D eigenvalue weighted by atomic mass is 15.1. The first-order chi connectivity index (χ1) is 21.8. The molecule has 44 heavy (non-hydrogen) atoms. The summed E-state index contributed by atoms with van der Waals surface area (Å²) in [6, 6.07) is 61.2. The third-order valence-electron chi connectivity index (χ3n) is 8.90. The van der Waals surface area contributed by atoms with Crippen LogP contribution in [0.4, 0.5) is 17.1 Å². The number of nitrogens with zero attached hydrogens (tertiary/aromatic N) is 2. The predicted octanol–water partition coefficient (Wildman–Crippen LogP) is 11.6. The minimum Gasteiger partial charge on any atom is -0.311 e. The Kier molecular flexibility index (Phi) is 5.54. The van der Waals surface area contributed by atoms with Crippen LogP contribution in [0.15, 0.2) is 170 Å². The molecule has 0 bridgehead atoms. The molecule has 206 valence electrons. The number of aromatic nitrogens is 1. The Morgan fingerprint density at radius 1 is 0.432 bits per heavy atom. The second-order valence-electron chi connectivity index (χ2n) is 11.4. The molecule has 0 radical (unpaired) electrons. The van der Waals surface area contributed by atoms with E-state index in [4.69, 9.17) is 0 Å². The fraction of sp³-hybridized carbons (Fsp3) is 0. The SMILES string of the molecule is c1ccc(N(c2ccccc2)c2ccc(-c3ccc4c(c3)c3c(n4-c4ccccc4)-c4cccc5cccc-3c45)cc2)cc1. The number of para-hydroxylation sites is 3. The maximum absolute atomic E-state index is 2.45. The second kappa shape index (κ2) is 9.86. The maximum atomic E-state index is 2.45. The monoisotopic (exact) mass is 560 g/mol. The summed E-state index contributed by atoms with van der Waals surface area (Å²) in [7, 11) is 0. The predicted molar refractivity (Wildman–Crippen MR) is 185 cm³/mol. The summed E-state index contributed by atoms with van der Waals surface area (Å²) in [5.74, 6) is 0. The molecule has 0 saturated carbocycles. The van der Waals surface area contributed by atoms with E-state index in [2.05, 4.69) is 179 Å². The van der Waals surface area contributed by atoms with Gasteiger partial charge in [-0.15, -0.1) is 0 Å². The summed E-state index contributed by atoms with van der Waals surface area (Å²) in [4.78, 5) is 2.30. The molecule has 0 atom stereocenters. The smallest absolute Gasteiger partial charge is 0.0626 e. The zero-order valence-electron chi connectivity index (χ0n) is 24.1. The van der Waals surface area contributed by atoms with Crippen molar-refractivity contribution in [1.29, 1.82) is 0 Å². The summed E-state index contributed by atoms with van der Waals surface area (Å²) in [6.07, 6.45) is 0. The third-order valence-corrected chi connectivity index (χ3v) is 8.90. The molecule has 1 aromatic heterocycles. The summed E-state index contributed by atoms with van der Waals surface area (Å²) >= 11 is 0. The summed E-state index contributed by atoms with van der Waals surface area (Å²) in [5.41, 5.74) is 13.5. The molecule has 0 saturated heterocycles. The zero-order valence-corrected chi connectivity index (χ0v) is 24.1. The number of hydrogen-bond acceptors (Lipinski definition) is 1. The molecule has 1 aliphatic rings. The Morgan fingerprint density at radius 2 is 1.00 bits per heavy atom. The number of benzene rings is 7. The first-order valence-electron chi connectivity index (χ1n) is 15.1. The van der Waals surface area contributed by atoms with Crippen molar-refractivity contribution in [2.45, 2.75) is 0 Å². The molecule has 8 aromatic rings. The van der Waals surface area contributed by atoms with Crippen molar-refractivity contribution in [2.75, 3.05) is 4.90 Å². The van der Waals surface area contributed by atoms with Gasteiger partial charge in [0.2, 0.25) is 0 Å². The van der Waals surface area contributed by atoms with Crippen LogP contribution in [0.3, 0.4) is 0 Å². The Balaban J connectivity index is 1.21. The molecule has 2 nitrogen and oxygen atoms in total. The van der Waals surface area contributed by atoms with Gasteiger partial charge >= 0.3 is 0 Å². The second-order valence-corrected chi connectivity index (χ2v) is 11.4. The van der Waals surface area contributed by atoms with Crippen molar-refractivity contribution in [3.8, 4) is 39.2 Å². The van der Waals surface area contributed by atoms with E-state index >= 15 is 0 Å². The average Bonchev–Trinajstić information content (AvgIpc) is 3.61. The Bertz CT molecular complexity index is 2250. The quantitative estimate of drug-likeness (QED) is 0.203. The lowest BCUT2D eigenvalue weighted by atomic mass is 9.98. The summed E-state index contributed by atoms with van der Waals surface area (Å²) in [5, 5.41) is 3.92. The van der Waals surface area contributed by atoms with E-state index in [9.17, 15) is 0 Å². The number of anilines is 3. The van der Waals surface area contributed by atoms with E-state index in [-0.39, 0.29) is 0 Å². The maximum Gasteiger partial charge on any atom is 0.0626 e. The molecule has 0 spiro atoms. The first kappa shape index (κ1) is 24.7. The van der Waals surface area contributed by atoms with E-state index in [1.807, 2.05) is 0 Å². The molecule has 0 amide bonds. The summed E-state index contributed by atoms with van der Waals surface area (Å²) < 4.78 is 2.45. The Morgan fingerprint density at radius 3 is 1.66 bits per heavy atom. The molecule has 0 fully saturated rings. The molecule has 1 aliphatic carbocycles. The molecule has 0 aliphatic heterocycles. The van der Waals surface area contributed by atoms with E-state index in [1.54, 1.807) is 0 Å². The van der Waals surface area contributed by atoms with E-state index in [0.29, 0.717) is 0 Å². The molecular weight excluding hydrogens is 532 g/mol. The highest BCUT2D eigenvalue weighted by molar-refractivity contribution is 6.22. The van der Waals surface area contributed by atoms with Gasteiger partial charge < -0.3 is 9.47 Å². The molecule has 7 aromatic carbocycles. The highest BCUT2D eigenvalue weighted by Gasteiger charge is 2.29. The van der Waals surface area contributed by atoms with Gasteiger partial charge in [0.05, 0.1) is 11.2 Å². The van der Waals surface area contributed by atoms with Gasteiger partial charge in [-0.05, 0) is 88.1 Å². The normalized spacial score (nSPS) is 11.6. The standard InChI is InChI=1S/C42H28N2/c1-4-14-32(15-5-1)43(33-16-6-2-7-17-33)35-25-22-29(23-26-35)31-24-27-39-38(28-31)41-36-20-10-12-30-13-11-21-37(40(30)36)42(41)44(39)34-18-8-3-9-19-34/h1-28H. The first-order valence-corrected chi connectivity index (χ1v) is 15.1. The third kappa shape index (κ3) is 3.75. The Hall–Kier alpha value is -5.86. The van der Waals surface area contributed by atoms with Crippen molar-refractivity contribution >= 4 is 38.7 Å². The van der Waals surface area contributed by atoms with Crippen LogP contribution in [0.5, 0.6) is 0 Å². The van der Waals surface area contributed by atoms with Crippen LogP contribution in [0, 0.1) is 0 Å². The van der Waals surface area contributed by atoms with Gasteiger partial charge in [0, 0.05) is 39.3 Å². The van der Waals surface area contributed by atoms with Gasteiger partial charge in [-0.3, -0.25) is 0 Å².